The Kier molecular flexibility index (Phi) is 6.44. The summed E-state index contributed by atoms with van der Waals surface area (Å²) in [4.78, 5) is 12.1. The normalized spacial score (nSPS) is 20.5. The first-order valence-electron chi connectivity index (χ1n) is 8.22. The van der Waals surface area contributed by atoms with Crippen molar-refractivity contribution in [3.8, 4) is 11.5 Å². The van der Waals surface area contributed by atoms with Gasteiger partial charge in [-0.3, -0.25) is 0 Å². The Morgan fingerprint density at radius 3 is 2.67 bits per heavy atom. The first-order valence-corrected chi connectivity index (χ1v) is 8.22. The molecule has 1 aliphatic heterocycles. The van der Waals surface area contributed by atoms with Crippen molar-refractivity contribution in [1.29, 1.82) is 0 Å². The molecule has 0 aromatic heterocycles. The van der Waals surface area contributed by atoms with E-state index in [0.717, 1.165) is 12.8 Å². The van der Waals surface area contributed by atoms with Crippen molar-refractivity contribution in [2.75, 3.05) is 7.11 Å². The fraction of sp³-hybridized carbons (Fsp3) is 0.421. The molecule has 1 heterocycles. The summed E-state index contributed by atoms with van der Waals surface area (Å²) in [6.07, 6.45) is 10.7. The van der Waals surface area contributed by atoms with Crippen molar-refractivity contribution < 1.29 is 24.5 Å². The second-order valence-electron chi connectivity index (χ2n) is 5.73. The van der Waals surface area contributed by atoms with Gasteiger partial charge in [0.1, 0.15) is 23.2 Å². The fourth-order valence-electron chi connectivity index (χ4n) is 2.76. The highest BCUT2D eigenvalue weighted by molar-refractivity contribution is 5.96. The van der Waals surface area contributed by atoms with Gasteiger partial charge in [0, 0.05) is 12.7 Å². The number of hydrogen-bond acceptors (Lipinski definition) is 5. The number of phenolic OH excluding ortho intramolecular Hbond substituents is 2. The van der Waals surface area contributed by atoms with Crippen molar-refractivity contribution in [2.24, 2.45) is 0 Å². The van der Waals surface area contributed by atoms with Crippen molar-refractivity contribution >= 4 is 5.97 Å². The summed E-state index contributed by atoms with van der Waals surface area (Å²) in [6.45, 7) is 2.16. The largest absolute Gasteiger partial charge is 0.508 e. The molecule has 0 spiro atoms. The van der Waals surface area contributed by atoms with E-state index in [-0.39, 0.29) is 22.6 Å². The molecule has 2 N–H and O–H groups in total. The molecule has 0 fully saturated rings. The molecule has 1 aromatic rings. The number of fused-ring (bicyclic) bond motifs is 1. The van der Waals surface area contributed by atoms with E-state index in [9.17, 15) is 15.0 Å². The zero-order valence-corrected chi connectivity index (χ0v) is 14.1. The van der Waals surface area contributed by atoms with Crippen LogP contribution in [0.3, 0.4) is 0 Å². The van der Waals surface area contributed by atoms with E-state index in [2.05, 4.69) is 13.0 Å². The van der Waals surface area contributed by atoms with Gasteiger partial charge in [-0.15, -0.1) is 0 Å². The number of unbranched alkanes of at least 4 members (excludes halogenated alkanes) is 3. The number of hydrogen-bond donors (Lipinski definition) is 2. The van der Waals surface area contributed by atoms with Crippen LogP contribution >= 0.6 is 0 Å². The van der Waals surface area contributed by atoms with E-state index in [0.29, 0.717) is 0 Å². The van der Waals surface area contributed by atoms with Crippen LogP contribution in [0.25, 0.3) is 0 Å². The van der Waals surface area contributed by atoms with Crippen LogP contribution in [0.2, 0.25) is 0 Å². The number of rotatable bonds is 7. The number of phenols is 2. The lowest BCUT2D eigenvalue weighted by atomic mass is 9.93. The molecule has 1 aliphatic rings. The van der Waals surface area contributed by atoms with Crippen molar-refractivity contribution in [1.82, 2.24) is 0 Å². The number of aromatic hydroxyl groups is 2. The van der Waals surface area contributed by atoms with E-state index in [1.807, 2.05) is 6.08 Å². The Morgan fingerprint density at radius 1 is 1.21 bits per heavy atom. The van der Waals surface area contributed by atoms with Crippen LogP contribution in [0.5, 0.6) is 11.5 Å². The van der Waals surface area contributed by atoms with Gasteiger partial charge >= 0.3 is 5.97 Å². The van der Waals surface area contributed by atoms with E-state index >= 15 is 0 Å². The predicted molar refractivity (Wildman–Crippen MR) is 91.1 cm³/mol. The Bertz CT molecular complexity index is 633. The van der Waals surface area contributed by atoms with Crippen molar-refractivity contribution in [3.05, 3.63) is 47.6 Å². The van der Waals surface area contributed by atoms with Crippen molar-refractivity contribution in [2.45, 2.75) is 44.8 Å². The van der Waals surface area contributed by atoms with Crippen LogP contribution in [-0.2, 0) is 9.47 Å². The Hall–Kier alpha value is -2.27. The first kappa shape index (κ1) is 18.1. The monoisotopic (exact) mass is 332 g/mol. The maximum atomic E-state index is 12.1. The van der Waals surface area contributed by atoms with Crippen molar-refractivity contribution in [3.63, 3.8) is 0 Å². The number of benzene rings is 1. The van der Waals surface area contributed by atoms with Crippen LogP contribution < -0.4 is 0 Å². The molecule has 0 saturated heterocycles. The zero-order chi connectivity index (χ0) is 17.5. The minimum atomic E-state index is -0.673. The number of esters is 1. The zero-order valence-electron chi connectivity index (χ0n) is 14.1. The lowest BCUT2D eigenvalue weighted by molar-refractivity contribution is -0.0291. The molecule has 1 aromatic carbocycles. The minimum absolute atomic E-state index is 0.0402. The van der Waals surface area contributed by atoms with Gasteiger partial charge in [0.2, 0.25) is 0 Å². The summed E-state index contributed by atoms with van der Waals surface area (Å²) in [5, 5.41) is 19.9. The molecule has 0 saturated carbocycles. The molecule has 2 atom stereocenters. The third-order valence-corrected chi connectivity index (χ3v) is 4.01. The van der Waals surface area contributed by atoms with Crippen LogP contribution in [-0.4, -0.2) is 29.4 Å². The lowest BCUT2D eigenvalue weighted by Crippen LogP contribution is -2.32. The molecule has 130 valence electrons. The molecule has 24 heavy (non-hydrogen) atoms. The van der Waals surface area contributed by atoms with Gasteiger partial charge in [0.25, 0.3) is 0 Å². The van der Waals surface area contributed by atoms with E-state index in [1.165, 1.54) is 32.1 Å². The van der Waals surface area contributed by atoms with Crippen LogP contribution in [0.1, 0.15) is 54.6 Å². The Balaban J connectivity index is 2.15. The lowest BCUT2D eigenvalue weighted by Gasteiger charge is -2.30. The SMILES string of the molecule is CCCCCC=CC=C[C@@H]1OC(=O)c2c(O)ccc(O)c2[C@@H]1OC. The third kappa shape index (κ3) is 3.97. The Morgan fingerprint density at radius 2 is 1.96 bits per heavy atom. The third-order valence-electron chi connectivity index (χ3n) is 4.01. The van der Waals surface area contributed by atoms with Crippen LogP contribution in [0, 0.1) is 0 Å². The fourth-order valence-corrected chi connectivity index (χ4v) is 2.76. The second kappa shape index (κ2) is 8.55. The highest BCUT2D eigenvalue weighted by atomic mass is 16.6. The minimum Gasteiger partial charge on any atom is -0.508 e. The van der Waals surface area contributed by atoms with Crippen LogP contribution in [0.4, 0.5) is 0 Å². The summed E-state index contributed by atoms with van der Waals surface area (Å²) in [6, 6.07) is 2.60. The van der Waals surface area contributed by atoms with Gasteiger partial charge in [-0.1, -0.05) is 38.0 Å². The molecule has 5 nitrogen and oxygen atoms in total. The second-order valence-corrected chi connectivity index (χ2v) is 5.73. The van der Waals surface area contributed by atoms with Gasteiger partial charge in [-0.2, -0.15) is 0 Å². The topological polar surface area (TPSA) is 76.0 Å². The van der Waals surface area contributed by atoms with E-state index in [1.54, 1.807) is 12.2 Å². The highest BCUT2D eigenvalue weighted by Crippen LogP contribution is 2.41. The molecular weight excluding hydrogens is 308 g/mol. The van der Waals surface area contributed by atoms with E-state index < -0.39 is 18.2 Å². The Labute approximate surface area is 142 Å². The number of carbonyl (C=O) groups is 1. The van der Waals surface area contributed by atoms with Gasteiger partial charge < -0.3 is 19.7 Å². The first-order chi connectivity index (χ1) is 11.6. The molecule has 5 heteroatoms. The maximum Gasteiger partial charge on any atom is 0.343 e. The average molecular weight is 332 g/mol. The summed E-state index contributed by atoms with van der Waals surface area (Å²) in [7, 11) is 1.47. The molecule has 0 amide bonds. The van der Waals surface area contributed by atoms with Gasteiger partial charge in [-0.25, -0.2) is 4.79 Å². The number of allylic oxidation sites excluding steroid dienone is 3. The number of cyclic esters (lactones) is 1. The number of carbonyl (C=O) groups excluding carboxylic acids is 1. The van der Waals surface area contributed by atoms with E-state index in [4.69, 9.17) is 9.47 Å². The molecular formula is C19H24O5. The molecule has 2 rings (SSSR count). The van der Waals surface area contributed by atoms with Gasteiger partial charge in [0.05, 0.1) is 0 Å². The highest BCUT2D eigenvalue weighted by Gasteiger charge is 2.38. The smallest absolute Gasteiger partial charge is 0.343 e. The summed E-state index contributed by atoms with van der Waals surface area (Å²) in [5.74, 6) is -0.999. The number of methoxy groups -OCH3 is 1. The van der Waals surface area contributed by atoms with Gasteiger partial charge in [-0.05, 0) is 31.1 Å². The number of ether oxygens (including phenoxy) is 2. The molecule has 0 aliphatic carbocycles. The summed E-state index contributed by atoms with van der Waals surface area (Å²) < 4.78 is 10.7. The predicted octanol–water partition coefficient (Wildman–Crippen LogP) is 4.02. The van der Waals surface area contributed by atoms with Gasteiger partial charge in [0.15, 0.2) is 6.10 Å². The molecule has 0 bridgehead atoms. The average Bonchev–Trinajstić information content (AvgIpc) is 2.57. The maximum absolute atomic E-state index is 12.1. The summed E-state index contributed by atoms with van der Waals surface area (Å²) in [5.41, 5.74) is 0.219. The molecule has 0 radical (unpaired) electrons. The summed E-state index contributed by atoms with van der Waals surface area (Å²) >= 11 is 0. The quantitative estimate of drug-likeness (QED) is 0.341. The standard InChI is InChI=1S/C19H24O5/c1-3-4-5-6-7-8-9-10-15-18(23-2)16-13(20)11-12-14(21)17(16)19(22)24-15/h7-12,15,18,20-21H,3-6H2,1-2H3/t15-,18+/m0/s1. The van der Waals surface area contributed by atoms with Crippen LogP contribution in [0.15, 0.2) is 36.4 Å². The molecule has 0 unspecified atom stereocenters.